The lowest BCUT2D eigenvalue weighted by molar-refractivity contribution is 0.102. The Morgan fingerprint density at radius 2 is 1.66 bits per heavy atom. The standard InChI is InChI=1S/C22H20Cl2FN3O3S/c1-28(2)13-14-7-9-15(10-8-14)26-22(29)16-11-21(18(24)12-17(16)23)32(30,31)27-20-6-4-3-5-19(20)25/h3-12,27H,13H2,1-2H3,(H,26,29). The summed E-state index contributed by atoms with van der Waals surface area (Å²) in [5.74, 6) is -1.37. The fourth-order valence-corrected chi connectivity index (χ4v) is 4.84. The summed E-state index contributed by atoms with van der Waals surface area (Å²) >= 11 is 12.2. The van der Waals surface area contributed by atoms with Crippen molar-refractivity contribution in [3.8, 4) is 0 Å². The van der Waals surface area contributed by atoms with Crippen molar-refractivity contribution < 1.29 is 17.6 Å². The van der Waals surface area contributed by atoms with Crippen LogP contribution in [0.15, 0.2) is 65.6 Å². The van der Waals surface area contributed by atoms with E-state index in [0.717, 1.165) is 30.3 Å². The second-order valence-corrected chi connectivity index (χ2v) is 9.70. The first-order valence-electron chi connectivity index (χ1n) is 9.38. The molecule has 2 N–H and O–H groups in total. The van der Waals surface area contributed by atoms with Crippen LogP contribution in [-0.4, -0.2) is 33.3 Å². The lowest BCUT2D eigenvalue weighted by Gasteiger charge is -2.14. The Kier molecular flexibility index (Phi) is 7.40. The number of amides is 1. The molecule has 0 aliphatic carbocycles. The van der Waals surface area contributed by atoms with Gasteiger partial charge in [0.2, 0.25) is 0 Å². The van der Waals surface area contributed by atoms with E-state index < -0.39 is 26.6 Å². The van der Waals surface area contributed by atoms with Crippen molar-refractivity contribution in [2.24, 2.45) is 0 Å². The number of hydrogen-bond acceptors (Lipinski definition) is 4. The molecule has 1 amide bonds. The van der Waals surface area contributed by atoms with Crippen LogP contribution in [-0.2, 0) is 16.6 Å². The molecule has 0 spiro atoms. The summed E-state index contributed by atoms with van der Waals surface area (Å²) in [6.07, 6.45) is 0. The largest absolute Gasteiger partial charge is 0.322 e. The molecule has 0 aliphatic rings. The zero-order chi connectivity index (χ0) is 23.5. The van der Waals surface area contributed by atoms with E-state index in [0.29, 0.717) is 5.69 Å². The summed E-state index contributed by atoms with van der Waals surface area (Å²) in [6.45, 7) is 0.744. The van der Waals surface area contributed by atoms with Gasteiger partial charge in [0.25, 0.3) is 15.9 Å². The fourth-order valence-electron chi connectivity index (χ4n) is 2.91. The number of para-hydroxylation sites is 1. The highest BCUT2D eigenvalue weighted by molar-refractivity contribution is 7.92. The third kappa shape index (κ3) is 5.77. The zero-order valence-electron chi connectivity index (χ0n) is 17.2. The van der Waals surface area contributed by atoms with Crippen LogP contribution < -0.4 is 10.0 Å². The van der Waals surface area contributed by atoms with Gasteiger partial charge in [0.1, 0.15) is 10.7 Å². The number of anilines is 2. The Bertz CT molecular complexity index is 1250. The first-order valence-corrected chi connectivity index (χ1v) is 11.6. The maximum Gasteiger partial charge on any atom is 0.263 e. The van der Waals surface area contributed by atoms with Crippen LogP contribution in [0.4, 0.5) is 15.8 Å². The molecule has 0 atom stereocenters. The molecular formula is C22H20Cl2FN3O3S. The predicted molar refractivity (Wildman–Crippen MR) is 125 cm³/mol. The summed E-state index contributed by atoms with van der Waals surface area (Å²) in [5, 5.41) is 2.45. The summed E-state index contributed by atoms with van der Waals surface area (Å²) in [5.41, 5.74) is 1.23. The van der Waals surface area contributed by atoms with Crippen molar-refractivity contribution >= 4 is 50.5 Å². The van der Waals surface area contributed by atoms with Crippen molar-refractivity contribution in [2.75, 3.05) is 24.1 Å². The summed E-state index contributed by atoms with van der Waals surface area (Å²) < 4.78 is 41.6. The van der Waals surface area contributed by atoms with Gasteiger partial charge >= 0.3 is 0 Å². The molecule has 6 nitrogen and oxygen atoms in total. The molecule has 0 fully saturated rings. The van der Waals surface area contributed by atoms with Crippen molar-refractivity contribution in [1.29, 1.82) is 0 Å². The molecule has 0 unspecified atom stereocenters. The number of halogens is 3. The predicted octanol–water partition coefficient (Wildman–Crippen LogP) is 5.25. The molecule has 0 aliphatic heterocycles. The number of sulfonamides is 1. The van der Waals surface area contributed by atoms with Crippen molar-refractivity contribution in [3.63, 3.8) is 0 Å². The van der Waals surface area contributed by atoms with E-state index in [4.69, 9.17) is 23.2 Å². The lowest BCUT2D eigenvalue weighted by Crippen LogP contribution is -2.17. The van der Waals surface area contributed by atoms with Crippen LogP contribution in [0.1, 0.15) is 15.9 Å². The van der Waals surface area contributed by atoms with E-state index in [1.54, 1.807) is 12.1 Å². The van der Waals surface area contributed by atoms with Gasteiger partial charge in [-0.3, -0.25) is 9.52 Å². The van der Waals surface area contributed by atoms with Crippen LogP contribution in [0, 0.1) is 5.82 Å². The highest BCUT2D eigenvalue weighted by Gasteiger charge is 2.24. The first-order chi connectivity index (χ1) is 15.1. The summed E-state index contributed by atoms with van der Waals surface area (Å²) in [6, 6.07) is 14.7. The Morgan fingerprint density at radius 3 is 2.28 bits per heavy atom. The number of rotatable bonds is 7. The summed E-state index contributed by atoms with van der Waals surface area (Å²) in [7, 11) is -0.396. The van der Waals surface area contributed by atoms with Gasteiger partial charge in [0.05, 0.1) is 21.3 Å². The van der Waals surface area contributed by atoms with Gasteiger partial charge < -0.3 is 10.2 Å². The zero-order valence-corrected chi connectivity index (χ0v) is 19.5. The third-order valence-electron chi connectivity index (χ3n) is 4.38. The van der Waals surface area contributed by atoms with Gasteiger partial charge in [-0.25, -0.2) is 12.8 Å². The number of benzene rings is 3. The minimum atomic E-state index is -4.29. The molecule has 168 valence electrons. The average molecular weight is 496 g/mol. The topological polar surface area (TPSA) is 78.5 Å². The number of nitrogens with zero attached hydrogens (tertiary/aromatic N) is 1. The Morgan fingerprint density at radius 1 is 1.00 bits per heavy atom. The van der Waals surface area contributed by atoms with E-state index in [-0.39, 0.29) is 21.3 Å². The highest BCUT2D eigenvalue weighted by atomic mass is 35.5. The van der Waals surface area contributed by atoms with Gasteiger partial charge in [0.15, 0.2) is 0 Å². The van der Waals surface area contributed by atoms with Crippen molar-refractivity contribution in [1.82, 2.24) is 4.90 Å². The molecule has 0 saturated heterocycles. The Hall–Kier alpha value is -2.65. The minimum absolute atomic E-state index is 0.0263. The first kappa shape index (κ1) is 24.0. The Balaban J connectivity index is 1.87. The molecule has 0 bridgehead atoms. The van der Waals surface area contributed by atoms with Gasteiger partial charge in [-0.15, -0.1) is 0 Å². The molecule has 3 aromatic rings. The average Bonchev–Trinajstić information content (AvgIpc) is 2.70. The molecule has 10 heteroatoms. The van der Waals surface area contributed by atoms with Crippen molar-refractivity contribution in [3.05, 3.63) is 87.7 Å². The number of nitrogens with one attached hydrogen (secondary N) is 2. The second-order valence-electron chi connectivity index (χ2n) is 7.24. The summed E-state index contributed by atoms with van der Waals surface area (Å²) in [4.78, 5) is 14.4. The normalized spacial score (nSPS) is 11.4. The molecule has 3 aromatic carbocycles. The maximum atomic E-state index is 13.9. The highest BCUT2D eigenvalue weighted by Crippen LogP contribution is 2.31. The molecular weight excluding hydrogens is 476 g/mol. The SMILES string of the molecule is CN(C)Cc1ccc(NC(=O)c2cc(S(=O)(=O)Nc3ccccc3F)c(Cl)cc2Cl)cc1. The quantitative estimate of drug-likeness (QED) is 0.469. The van der Waals surface area contributed by atoms with Crippen LogP contribution in [0.3, 0.4) is 0 Å². The smallest absolute Gasteiger partial charge is 0.263 e. The van der Waals surface area contributed by atoms with Gasteiger partial charge in [-0.1, -0.05) is 47.5 Å². The van der Waals surface area contributed by atoms with E-state index in [1.807, 2.05) is 31.1 Å². The van der Waals surface area contributed by atoms with Gasteiger partial charge in [-0.2, -0.15) is 0 Å². The van der Waals surface area contributed by atoms with Crippen LogP contribution >= 0.6 is 23.2 Å². The van der Waals surface area contributed by atoms with E-state index >= 15 is 0 Å². The molecule has 0 saturated carbocycles. The number of carbonyl (C=O) groups excluding carboxylic acids is 1. The van der Waals surface area contributed by atoms with E-state index in [1.165, 1.54) is 18.2 Å². The minimum Gasteiger partial charge on any atom is -0.322 e. The van der Waals surface area contributed by atoms with Crippen LogP contribution in [0.5, 0.6) is 0 Å². The number of hydrogen-bond donors (Lipinski definition) is 2. The van der Waals surface area contributed by atoms with Gasteiger partial charge in [0, 0.05) is 12.2 Å². The van der Waals surface area contributed by atoms with Crippen molar-refractivity contribution in [2.45, 2.75) is 11.4 Å². The lowest BCUT2D eigenvalue weighted by atomic mass is 10.1. The van der Waals surface area contributed by atoms with Crippen LogP contribution in [0.25, 0.3) is 0 Å². The monoisotopic (exact) mass is 495 g/mol. The van der Waals surface area contributed by atoms with Crippen LogP contribution in [0.2, 0.25) is 10.0 Å². The third-order valence-corrected chi connectivity index (χ3v) is 6.53. The van der Waals surface area contributed by atoms with Gasteiger partial charge in [-0.05, 0) is 56.1 Å². The number of carbonyl (C=O) groups is 1. The molecule has 3 rings (SSSR count). The molecule has 32 heavy (non-hydrogen) atoms. The molecule has 0 radical (unpaired) electrons. The fraction of sp³-hybridized carbons (Fsp3) is 0.136. The maximum absolute atomic E-state index is 13.9. The van der Waals surface area contributed by atoms with E-state index in [2.05, 4.69) is 10.0 Å². The van der Waals surface area contributed by atoms with E-state index in [9.17, 15) is 17.6 Å². The second kappa shape index (κ2) is 9.87. The Labute approximate surface area is 196 Å². The molecule has 0 aromatic heterocycles. The molecule has 0 heterocycles.